The Bertz CT molecular complexity index is 632. The summed E-state index contributed by atoms with van der Waals surface area (Å²) in [5.41, 5.74) is 6.61. The summed E-state index contributed by atoms with van der Waals surface area (Å²) >= 11 is 0. The number of carboxylic acid groups (broad SMARTS) is 1. The first-order chi connectivity index (χ1) is 12.1. The first kappa shape index (κ1) is 21.4. The predicted molar refractivity (Wildman–Crippen MR) is 93.2 cm³/mol. The largest absolute Gasteiger partial charge is 0.508 e. The van der Waals surface area contributed by atoms with Crippen LogP contribution in [0.25, 0.3) is 0 Å². The number of carbonyl (C=O) groups excluding carboxylic acids is 2. The molecular weight excluding hydrogens is 342 g/mol. The molecule has 9 heteroatoms. The number of phenols is 1. The van der Waals surface area contributed by atoms with Crippen LogP contribution in [-0.4, -0.2) is 57.8 Å². The van der Waals surface area contributed by atoms with Gasteiger partial charge in [-0.25, -0.2) is 4.79 Å². The van der Waals surface area contributed by atoms with Crippen LogP contribution in [0.15, 0.2) is 24.3 Å². The number of aliphatic hydroxyl groups excluding tert-OH is 1. The fraction of sp³-hybridized carbons (Fsp3) is 0.471. The molecule has 0 bridgehead atoms. The summed E-state index contributed by atoms with van der Waals surface area (Å²) in [5.74, 6) is -2.89. The minimum atomic E-state index is -1.45. The Kier molecular flexibility index (Phi) is 8.01. The van der Waals surface area contributed by atoms with E-state index in [1.165, 1.54) is 12.1 Å². The normalized spacial score (nSPS) is 14.3. The van der Waals surface area contributed by atoms with Gasteiger partial charge in [-0.15, -0.1) is 0 Å². The summed E-state index contributed by atoms with van der Waals surface area (Å²) in [6.45, 7) is 2.61. The number of hydrogen-bond donors (Lipinski definition) is 6. The standard InChI is InChI=1S/C17H25N3O6/c1-9(2)14(16(24)19-13(8-21)17(25)26)20-15(23)12(18)7-10-3-5-11(22)6-4-10/h3-6,9,12-14,21-22H,7-8,18H2,1-2H3,(H,19,24)(H,20,23)(H,25,26). The number of aromatic hydroxyl groups is 1. The maximum atomic E-state index is 12.3. The first-order valence-electron chi connectivity index (χ1n) is 8.13. The van der Waals surface area contributed by atoms with Crippen LogP contribution in [0.1, 0.15) is 19.4 Å². The van der Waals surface area contributed by atoms with E-state index in [1.807, 2.05) is 0 Å². The third-order valence-corrected chi connectivity index (χ3v) is 3.77. The molecule has 0 heterocycles. The molecular formula is C17H25N3O6. The zero-order chi connectivity index (χ0) is 19.9. The van der Waals surface area contributed by atoms with E-state index in [2.05, 4.69) is 10.6 Å². The van der Waals surface area contributed by atoms with Crippen LogP contribution in [0.5, 0.6) is 5.75 Å². The number of phenolic OH excluding ortho intramolecular Hbond substituents is 1. The highest BCUT2D eigenvalue weighted by Crippen LogP contribution is 2.11. The molecule has 3 atom stereocenters. The molecule has 0 aliphatic rings. The van der Waals surface area contributed by atoms with Crippen molar-refractivity contribution >= 4 is 17.8 Å². The van der Waals surface area contributed by atoms with Gasteiger partial charge in [-0.05, 0) is 30.0 Å². The average molecular weight is 367 g/mol. The van der Waals surface area contributed by atoms with Crippen molar-refractivity contribution in [3.05, 3.63) is 29.8 Å². The van der Waals surface area contributed by atoms with Gasteiger partial charge in [0.15, 0.2) is 0 Å². The van der Waals surface area contributed by atoms with Crippen molar-refractivity contribution in [1.29, 1.82) is 0 Å². The molecule has 0 aliphatic heterocycles. The third kappa shape index (κ3) is 6.34. The van der Waals surface area contributed by atoms with E-state index in [4.69, 9.17) is 15.9 Å². The number of amides is 2. The Morgan fingerprint density at radius 1 is 1.08 bits per heavy atom. The molecule has 26 heavy (non-hydrogen) atoms. The third-order valence-electron chi connectivity index (χ3n) is 3.77. The van der Waals surface area contributed by atoms with Crippen molar-refractivity contribution in [3.63, 3.8) is 0 Å². The molecule has 0 aliphatic carbocycles. The number of aliphatic hydroxyl groups is 1. The van der Waals surface area contributed by atoms with Crippen LogP contribution in [0.4, 0.5) is 0 Å². The molecule has 0 fully saturated rings. The Morgan fingerprint density at radius 3 is 2.12 bits per heavy atom. The second-order valence-electron chi connectivity index (χ2n) is 6.29. The fourth-order valence-corrected chi connectivity index (χ4v) is 2.22. The SMILES string of the molecule is CC(C)C(NC(=O)C(N)Cc1ccc(O)cc1)C(=O)NC(CO)C(=O)O. The van der Waals surface area contributed by atoms with Gasteiger partial charge >= 0.3 is 5.97 Å². The Morgan fingerprint density at radius 2 is 1.65 bits per heavy atom. The van der Waals surface area contributed by atoms with Gasteiger partial charge in [0.1, 0.15) is 17.8 Å². The van der Waals surface area contributed by atoms with Gasteiger partial charge in [0.25, 0.3) is 0 Å². The lowest BCUT2D eigenvalue weighted by Gasteiger charge is -2.25. The Hall–Kier alpha value is -2.65. The zero-order valence-electron chi connectivity index (χ0n) is 14.7. The summed E-state index contributed by atoms with van der Waals surface area (Å²) in [5, 5.41) is 31.8. The molecule has 2 amide bonds. The average Bonchev–Trinajstić information content (AvgIpc) is 2.58. The molecule has 9 nitrogen and oxygen atoms in total. The number of aliphatic carboxylic acids is 1. The topological polar surface area (TPSA) is 162 Å². The van der Waals surface area contributed by atoms with Crippen molar-refractivity contribution in [3.8, 4) is 5.75 Å². The molecule has 0 saturated carbocycles. The number of hydrogen-bond acceptors (Lipinski definition) is 6. The number of carbonyl (C=O) groups is 3. The van der Waals surface area contributed by atoms with Crippen LogP contribution in [-0.2, 0) is 20.8 Å². The van der Waals surface area contributed by atoms with Crippen molar-refractivity contribution < 1.29 is 29.7 Å². The highest BCUT2D eigenvalue weighted by Gasteiger charge is 2.29. The van der Waals surface area contributed by atoms with Gasteiger partial charge in [0.05, 0.1) is 12.6 Å². The van der Waals surface area contributed by atoms with E-state index >= 15 is 0 Å². The minimum absolute atomic E-state index is 0.0974. The number of rotatable bonds is 9. The first-order valence-corrected chi connectivity index (χ1v) is 8.13. The van der Waals surface area contributed by atoms with Gasteiger partial charge in [0.2, 0.25) is 11.8 Å². The second kappa shape index (κ2) is 9.73. The summed E-state index contributed by atoms with van der Waals surface area (Å²) in [6, 6.07) is 2.84. The maximum absolute atomic E-state index is 12.3. The van der Waals surface area contributed by atoms with Crippen molar-refractivity contribution in [2.75, 3.05) is 6.61 Å². The van der Waals surface area contributed by atoms with Crippen LogP contribution in [0, 0.1) is 5.92 Å². The molecule has 3 unspecified atom stereocenters. The quantitative estimate of drug-likeness (QED) is 0.325. The van der Waals surface area contributed by atoms with Crippen molar-refractivity contribution in [1.82, 2.24) is 10.6 Å². The van der Waals surface area contributed by atoms with Crippen LogP contribution < -0.4 is 16.4 Å². The molecule has 0 saturated heterocycles. The molecule has 0 spiro atoms. The smallest absolute Gasteiger partial charge is 0.328 e. The van der Waals surface area contributed by atoms with Gasteiger partial charge in [0, 0.05) is 0 Å². The Balaban J connectivity index is 2.72. The minimum Gasteiger partial charge on any atom is -0.508 e. The molecule has 1 rings (SSSR count). The highest BCUT2D eigenvalue weighted by molar-refractivity contribution is 5.92. The van der Waals surface area contributed by atoms with E-state index in [1.54, 1.807) is 26.0 Å². The van der Waals surface area contributed by atoms with Crippen molar-refractivity contribution in [2.45, 2.75) is 38.4 Å². The lowest BCUT2D eigenvalue weighted by Crippen LogP contribution is -2.57. The summed E-state index contributed by atoms with van der Waals surface area (Å²) in [6.07, 6.45) is 0.201. The van der Waals surface area contributed by atoms with E-state index < -0.39 is 42.5 Å². The van der Waals surface area contributed by atoms with Gasteiger partial charge in [-0.3, -0.25) is 9.59 Å². The zero-order valence-corrected chi connectivity index (χ0v) is 14.7. The summed E-state index contributed by atoms with van der Waals surface area (Å²) < 4.78 is 0. The molecule has 7 N–H and O–H groups in total. The fourth-order valence-electron chi connectivity index (χ4n) is 2.22. The molecule has 0 aromatic heterocycles. The van der Waals surface area contributed by atoms with Gasteiger partial charge in [-0.2, -0.15) is 0 Å². The van der Waals surface area contributed by atoms with E-state index in [0.717, 1.165) is 5.56 Å². The monoisotopic (exact) mass is 367 g/mol. The van der Waals surface area contributed by atoms with Crippen molar-refractivity contribution in [2.24, 2.45) is 11.7 Å². The number of carboxylic acids is 1. The van der Waals surface area contributed by atoms with Crippen LogP contribution in [0.2, 0.25) is 0 Å². The van der Waals surface area contributed by atoms with Crippen LogP contribution in [0.3, 0.4) is 0 Å². The lowest BCUT2D eigenvalue weighted by molar-refractivity contribution is -0.143. The number of nitrogens with two attached hydrogens (primary N) is 1. The van der Waals surface area contributed by atoms with Crippen LogP contribution >= 0.6 is 0 Å². The molecule has 1 aromatic rings. The van der Waals surface area contributed by atoms with Gasteiger partial charge in [-0.1, -0.05) is 26.0 Å². The number of nitrogens with one attached hydrogen (secondary N) is 2. The molecule has 1 aromatic carbocycles. The van der Waals surface area contributed by atoms with Gasteiger partial charge < -0.3 is 31.7 Å². The molecule has 144 valence electrons. The van der Waals surface area contributed by atoms with E-state index in [0.29, 0.717) is 0 Å². The lowest BCUT2D eigenvalue weighted by atomic mass is 10.0. The second-order valence-corrected chi connectivity index (χ2v) is 6.29. The summed E-state index contributed by atoms with van der Waals surface area (Å²) in [4.78, 5) is 35.5. The number of benzene rings is 1. The Labute approximate surface area is 151 Å². The predicted octanol–water partition coefficient (Wildman–Crippen LogP) is -1.04. The summed E-state index contributed by atoms with van der Waals surface area (Å²) in [7, 11) is 0. The van der Waals surface area contributed by atoms with E-state index in [9.17, 15) is 19.5 Å². The maximum Gasteiger partial charge on any atom is 0.328 e. The molecule has 0 radical (unpaired) electrons. The highest BCUT2D eigenvalue weighted by atomic mass is 16.4. The van der Waals surface area contributed by atoms with E-state index in [-0.39, 0.29) is 18.1 Å².